The Morgan fingerprint density at radius 2 is 2.04 bits per heavy atom. The Balaban J connectivity index is 0.000000815. The zero-order chi connectivity index (χ0) is 16.8. The fraction of sp³-hybridized carbons (Fsp3) is 0.263. The second-order valence-corrected chi connectivity index (χ2v) is 5.34. The highest BCUT2D eigenvalue weighted by Gasteiger charge is 2.29. The molecule has 5 nitrogen and oxygen atoms in total. The number of aromatic nitrogens is 3. The summed E-state index contributed by atoms with van der Waals surface area (Å²) < 4.78 is 0. The van der Waals surface area contributed by atoms with E-state index >= 15 is 0 Å². The van der Waals surface area contributed by atoms with E-state index in [1.54, 1.807) is 6.20 Å². The third-order valence-corrected chi connectivity index (χ3v) is 3.98. The maximum atomic E-state index is 4.60. The third-order valence-electron chi connectivity index (χ3n) is 3.98. The number of nitrogens with one attached hydrogen (secondary N) is 1. The van der Waals surface area contributed by atoms with Crippen molar-refractivity contribution >= 4 is 17.0 Å². The molecule has 0 aromatic carbocycles. The Labute approximate surface area is 142 Å². The van der Waals surface area contributed by atoms with E-state index in [2.05, 4.69) is 37.3 Å². The molecule has 5 heteroatoms. The quantitative estimate of drug-likeness (QED) is 0.930. The number of rotatable bonds is 4. The van der Waals surface area contributed by atoms with Gasteiger partial charge in [-0.15, -0.1) is 0 Å². The van der Waals surface area contributed by atoms with Crippen molar-refractivity contribution in [2.24, 2.45) is 15.9 Å². The molecule has 0 saturated heterocycles. The van der Waals surface area contributed by atoms with Crippen molar-refractivity contribution in [3.63, 3.8) is 0 Å². The maximum absolute atomic E-state index is 4.60. The highest BCUT2D eigenvalue weighted by atomic mass is 15.1. The van der Waals surface area contributed by atoms with Gasteiger partial charge < -0.3 is 0 Å². The van der Waals surface area contributed by atoms with Crippen molar-refractivity contribution < 1.29 is 0 Å². The van der Waals surface area contributed by atoms with Crippen molar-refractivity contribution in [2.45, 2.75) is 26.7 Å². The number of nitrogens with zero attached hydrogens (tertiary/aromatic N) is 4. The van der Waals surface area contributed by atoms with E-state index in [1.807, 2.05) is 50.9 Å². The van der Waals surface area contributed by atoms with Crippen LogP contribution in [0.2, 0.25) is 0 Å². The van der Waals surface area contributed by atoms with Crippen LogP contribution < -0.4 is 0 Å². The number of fused-ring (bicyclic) bond motifs is 1. The molecule has 122 valence electrons. The minimum absolute atomic E-state index is 0.194. The fourth-order valence-corrected chi connectivity index (χ4v) is 2.85. The van der Waals surface area contributed by atoms with Gasteiger partial charge in [0.1, 0.15) is 0 Å². The molecule has 24 heavy (non-hydrogen) atoms. The summed E-state index contributed by atoms with van der Waals surface area (Å²) in [6.07, 6.45) is 15.1. The lowest BCUT2D eigenvalue weighted by Gasteiger charge is -2.17. The van der Waals surface area contributed by atoms with E-state index in [9.17, 15) is 0 Å². The van der Waals surface area contributed by atoms with E-state index in [1.165, 1.54) is 11.1 Å². The molecule has 1 unspecified atom stereocenters. The number of hydrogen-bond acceptors (Lipinski definition) is 4. The first-order chi connectivity index (χ1) is 11.9. The Kier molecular flexibility index (Phi) is 5.11. The topological polar surface area (TPSA) is 66.3 Å². The molecule has 1 atom stereocenters. The second-order valence-electron chi connectivity index (χ2n) is 5.34. The van der Waals surface area contributed by atoms with Crippen LogP contribution in [0.1, 0.15) is 31.4 Å². The predicted molar refractivity (Wildman–Crippen MR) is 98.0 cm³/mol. The maximum Gasteiger partial charge on any atom is 0.0732 e. The predicted octanol–water partition coefficient (Wildman–Crippen LogP) is 3.84. The summed E-state index contributed by atoms with van der Waals surface area (Å²) in [5.74, 6) is 0.194. The Morgan fingerprint density at radius 1 is 1.12 bits per heavy atom. The molecule has 2 aliphatic rings. The van der Waals surface area contributed by atoms with Gasteiger partial charge in [-0.3, -0.25) is 20.1 Å². The third kappa shape index (κ3) is 3.25. The highest BCUT2D eigenvalue weighted by molar-refractivity contribution is 6.46. The number of allylic oxidation sites excluding steroid dienone is 2. The normalized spacial score (nSPS) is 18.1. The number of H-pyrrole nitrogens is 1. The van der Waals surface area contributed by atoms with Crippen LogP contribution in [0.25, 0.3) is 5.57 Å². The van der Waals surface area contributed by atoms with Crippen molar-refractivity contribution in [3.8, 4) is 0 Å². The first-order valence-electron chi connectivity index (χ1n) is 8.31. The molecule has 0 radical (unpaired) electrons. The first kappa shape index (κ1) is 16.1. The van der Waals surface area contributed by atoms with Gasteiger partial charge in [0.05, 0.1) is 23.5 Å². The summed E-state index contributed by atoms with van der Waals surface area (Å²) in [6.45, 7) is 4.00. The Morgan fingerprint density at radius 3 is 2.79 bits per heavy atom. The van der Waals surface area contributed by atoms with Crippen molar-refractivity contribution in [1.29, 1.82) is 0 Å². The van der Waals surface area contributed by atoms with Crippen molar-refractivity contribution in [3.05, 3.63) is 66.5 Å². The summed E-state index contributed by atoms with van der Waals surface area (Å²) in [4.78, 5) is 13.3. The SMILES string of the molecule is C1=CC2C(c3cn[nH]c3)=CN=C2C(CCc2cccnc2)=N1.CC. The molecule has 2 aromatic rings. The molecule has 0 fully saturated rings. The summed E-state index contributed by atoms with van der Waals surface area (Å²) >= 11 is 0. The van der Waals surface area contributed by atoms with Crippen LogP contribution in [0.3, 0.4) is 0 Å². The monoisotopic (exact) mass is 319 g/mol. The fourth-order valence-electron chi connectivity index (χ4n) is 2.85. The molecular formula is C19H21N5. The Bertz CT molecular complexity index is 782. The van der Waals surface area contributed by atoms with Gasteiger partial charge in [0.2, 0.25) is 0 Å². The average Bonchev–Trinajstić information content (AvgIpc) is 3.32. The van der Waals surface area contributed by atoms with Crippen LogP contribution in [0.15, 0.2) is 65.4 Å². The number of aromatic amines is 1. The molecule has 0 saturated carbocycles. The summed E-state index contributed by atoms with van der Waals surface area (Å²) in [5.41, 5.74) is 5.60. The standard InChI is InChI=1S/C17H15N5.C2H6/c1-2-12(8-18-6-1)3-4-16-17-14(5-7-19-16)15(11-20-17)13-9-21-22-10-13;1-2/h1-2,5-11,14H,3-4H2,(H,21,22);1-2H3. The van der Waals surface area contributed by atoms with Gasteiger partial charge in [0, 0.05) is 36.6 Å². The molecule has 0 aliphatic carbocycles. The number of hydrogen-bond donors (Lipinski definition) is 1. The summed E-state index contributed by atoms with van der Waals surface area (Å²) in [7, 11) is 0. The van der Waals surface area contributed by atoms with Crippen LogP contribution >= 0.6 is 0 Å². The van der Waals surface area contributed by atoms with Gasteiger partial charge >= 0.3 is 0 Å². The highest BCUT2D eigenvalue weighted by Crippen LogP contribution is 2.32. The van der Waals surface area contributed by atoms with E-state index < -0.39 is 0 Å². The molecule has 4 heterocycles. The smallest absolute Gasteiger partial charge is 0.0732 e. The second kappa shape index (κ2) is 7.64. The molecule has 4 rings (SSSR count). The molecule has 0 bridgehead atoms. The number of aryl methyl sites for hydroxylation is 1. The first-order valence-corrected chi connectivity index (χ1v) is 8.31. The van der Waals surface area contributed by atoms with Crippen LogP contribution in [-0.2, 0) is 6.42 Å². The molecule has 0 amide bonds. The van der Waals surface area contributed by atoms with E-state index in [0.717, 1.165) is 29.8 Å². The van der Waals surface area contributed by atoms with Gasteiger partial charge in [0.15, 0.2) is 0 Å². The van der Waals surface area contributed by atoms with Gasteiger partial charge in [-0.2, -0.15) is 5.10 Å². The van der Waals surface area contributed by atoms with Gasteiger partial charge in [-0.05, 0) is 30.0 Å². The largest absolute Gasteiger partial charge is 0.285 e. The van der Waals surface area contributed by atoms with Crippen molar-refractivity contribution in [2.75, 3.05) is 0 Å². The number of pyridine rings is 1. The molecular weight excluding hydrogens is 298 g/mol. The van der Waals surface area contributed by atoms with E-state index in [4.69, 9.17) is 0 Å². The van der Waals surface area contributed by atoms with Crippen molar-refractivity contribution in [1.82, 2.24) is 15.2 Å². The summed E-state index contributed by atoms with van der Waals surface area (Å²) in [6, 6.07) is 4.06. The van der Waals surface area contributed by atoms with Crippen LogP contribution in [-0.4, -0.2) is 26.6 Å². The lowest BCUT2D eigenvalue weighted by molar-refractivity contribution is 1.01. The molecule has 2 aliphatic heterocycles. The molecule has 0 spiro atoms. The van der Waals surface area contributed by atoms with Gasteiger partial charge in [-0.25, -0.2) is 0 Å². The minimum Gasteiger partial charge on any atom is -0.285 e. The zero-order valence-electron chi connectivity index (χ0n) is 14.0. The van der Waals surface area contributed by atoms with Crippen LogP contribution in [0, 0.1) is 5.92 Å². The van der Waals surface area contributed by atoms with E-state index in [-0.39, 0.29) is 5.92 Å². The van der Waals surface area contributed by atoms with Crippen LogP contribution in [0.4, 0.5) is 0 Å². The lowest BCUT2D eigenvalue weighted by Crippen LogP contribution is -2.24. The molecule has 1 N–H and O–H groups in total. The lowest BCUT2D eigenvalue weighted by atomic mass is 9.87. The zero-order valence-corrected chi connectivity index (χ0v) is 14.0. The molecule has 2 aromatic heterocycles. The number of aliphatic imine (C=N–C) groups is 2. The Hall–Kier alpha value is -2.82. The van der Waals surface area contributed by atoms with Gasteiger partial charge in [0.25, 0.3) is 0 Å². The average molecular weight is 319 g/mol. The minimum atomic E-state index is 0.194. The summed E-state index contributed by atoms with van der Waals surface area (Å²) in [5, 5.41) is 6.88. The van der Waals surface area contributed by atoms with E-state index in [0.29, 0.717) is 0 Å². The van der Waals surface area contributed by atoms with Gasteiger partial charge in [-0.1, -0.05) is 26.0 Å². The van der Waals surface area contributed by atoms with Crippen LogP contribution in [0.5, 0.6) is 0 Å².